The highest BCUT2D eigenvalue weighted by Crippen LogP contribution is 2.39. The van der Waals surface area contributed by atoms with Crippen molar-refractivity contribution in [2.45, 2.75) is 6.61 Å². The Balaban J connectivity index is 1.61. The monoisotopic (exact) mass is 387 g/mol. The SMILES string of the molecule is O=[N+]([O-])c1ccc(OCc2cc(-c3ccccc3)c(-c3ccccc3)s2)cc1. The van der Waals surface area contributed by atoms with Gasteiger partial charge in [-0.05, 0) is 29.3 Å². The molecule has 0 spiro atoms. The Kier molecular flexibility index (Phi) is 5.17. The van der Waals surface area contributed by atoms with E-state index in [4.69, 9.17) is 4.74 Å². The highest BCUT2D eigenvalue weighted by Gasteiger charge is 2.13. The number of hydrogen-bond acceptors (Lipinski definition) is 4. The minimum atomic E-state index is -0.415. The second-order valence-electron chi connectivity index (χ2n) is 6.23. The lowest BCUT2D eigenvalue weighted by molar-refractivity contribution is -0.384. The third-order valence-electron chi connectivity index (χ3n) is 4.33. The Bertz CT molecular complexity index is 1020. The van der Waals surface area contributed by atoms with Gasteiger partial charge in [0.15, 0.2) is 0 Å². The summed E-state index contributed by atoms with van der Waals surface area (Å²) in [4.78, 5) is 12.6. The van der Waals surface area contributed by atoms with Gasteiger partial charge in [-0.3, -0.25) is 10.1 Å². The van der Waals surface area contributed by atoms with Crippen molar-refractivity contribution >= 4 is 17.0 Å². The summed E-state index contributed by atoms with van der Waals surface area (Å²) in [5, 5.41) is 10.8. The Morgan fingerprint density at radius 2 is 1.43 bits per heavy atom. The number of rotatable bonds is 6. The summed E-state index contributed by atoms with van der Waals surface area (Å²) in [5.74, 6) is 0.613. The first kappa shape index (κ1) is 17.9. The molecular weight excluding hydrogens is 370 g/mol. The molecule has 138 valence electrons. The fraction of sp³-hybridized carbons (Fsp3) is 0.0435. The van der Waals surface area contributed by atoms with Crippen molar-refractivity contribution in [3.05, 3.63) is 106 Å². The molecule has 5 heteroatoms. The van der Waals surface area contributed by atoms with Crippen LogP contribution in [0.15, 0.2) is 91.0 Å². The van der Waals surface area contributed by atoms with Gasteiger partial charge in [0.25, 0.3) is 5.69 Å². The summed E-state index contributed by atoms with van der Waals surface area (Å²) in [6.45, 7) is 0.412. The van der Waals surface area contributed by atoms with E-state index >= 15 is 0 Å². The van der Waals surface area contributed by atoms with Gasteiger partial charge in [0.1, 0.15) is 12.4 Å². The minimum absolute atomic E-state index is 0.0567. The van der Waals surface area contributed by atoms with Crippen LogP contribution < -0.4 is 4.74 Å². The molecule has 0 N–H and O–H groups in total. The molecule has 0 aliphatic carbocycles. The van der Waals surface area contributed by atoms with Crippen LogP contribution in [0.1, 0.15) is 4.88 Å². The standard InChI is InChI=1S/C23H17NO3S/c25-24(26)19-11-13-20(14-12-19)27-16-21-15-22(17-7-3-1-4-8-17)23(28-21)18-9-5-2-6-10-18/h1-15H,16H2. The average molecular weight is 387 g/mol. The van der Waals surface area contributed by atoms with E-state index in [0.717, 1.165) is 4.88 Å². The molecule has 0 amide bonds. The minimum Gasteiger partial charge on any atom is -0.488 e. The molecule has 0 saturated heterocycles. The Hall–Kier alpha value is -3.44. The first-order chi connectivity index (χ1) is 13.7. The van der Waals surface area contributed by atoms with E-state index in [-0.39, 0.29) is 5.69 Å². The van der Waals surface area contributed by atoms with E-state index in [1.807, 2.05) is 36.4 Å². The molecule has 3 aromatic carbocycles. The first-order valence-electron chi connectivity index (χ1n) is 8.81. The number of nitrogens with zero attached hydrogens (tertiary/aromatic N) is 1. The van der Waals surface area contributed by atoms with Gasteiger partial charge in [0.05, 0.1) is 4.92 Å². The maximum atomic E-state index is 10.8. The highest BCUT2D eigenvalue weighted by atomic mass is 32.1. The maximum Gasteiger partial charge on any atom is 0.269 e. The molecule has 0 bridgehead atoms. The molecule has 1 aromatic heterocycles. The lowest BCUT2D eigenvalue weighted by atomic mass is 10.0. The lowest BCUT2D eigenvalue weighted by Gasteiger charge is -2.04. The van der Waals surface area contributed by atoms with Gasteiger partial charge in [-0.15, -0.1) is 11.3 Å². The third kappa shape index (κ3) is 3.94. The summed E-state index contributed by atoms with van der Waals surface area (Å²) >= 11 is 1.70. The number of thiophene rings is 1. The van der Waals surface area contributed by atoms with Crippen molar-refractivity contribution in [2.24, 2.45) is 0 Å². The van der Waals surface area contributed by atoms with Crippen LogP contribution in [0.25, 0.3) is 21.6 Å². The van der Waals surface area contributed by atoms with Crippen LogP contribution in [-0.2, 0) is 6.61 Å². The van der Waals surface area contributed by atoms with E-state index in [1.165, 1.54) is 33.7 Å². The molecule has 28 heavy (non-hydrogen) atoms. The second-order valence-corrected chi connectivity index (χ2v) is 7.36. The number of nitro benzene ring substituents is 1. The summed E-state index contributed by atoms with van der Waals surface area (Å²) in [6.07, 6.45) is 0. The molecule has 0 radical (unpaired) electrons. The van der Waals surface area contributed by atoms with Crippen LogP contribution in [0, 0.1) is 10.1 Å². The molecule has 0 saturated carbocycles. The van der Waals surface area contributed by atoms with Crippen molar-refractivity contribution in [2.75, 3.05) is 0 Å². The molecule has 1 heterocycles. The summed E-state index contributed by atoms with van der Waals surface area (Å²) in [7, 11) is 0. The fourth-order valence-corrected chi connectivity index (χ4v) is 4.07. The van der Waals surface area contributed by atoms with Gasteiger partial charge in [-0.25, -0.2) is 0 Å². The van der Waals surface area contributed by atoms with Crippen LogP contribution in [-0.4, -0.2) is 4.92 Å². The van der Waals surface area contributed by atoms with Crippen LogP contribution in [0.4, 0.5) is 5.69 Å². The van der Waals surface area contributed by atoms with Crippen molar-refractivity contribution in [1.82, 2.24) is 0 Å². The topological polar surface area (TPSA) is 52.4 Å². The Morgan fingerprint density at radius 3 is 2.04 bits per heavy atom. The van der Waals surface area contributed by atoms with Crippen molar-refractivity contribution < 1.29 is 9.66 Å². The zero-order valence-electron chi connectivity index (χ0n) is 14.9. The number of benzene rings is 3. The predicted molar refractivity (Wildman–Crippen MR) is 113 cm³/mol. The van der Waals surface area contributed by atoms with Gasteiger partial charge < -0.3 is 4.74 Å². The smallest absolute Gasteiger partial charge is 0.269 e. The summed E-state index contributed by atoms with van der Waals surface area (Å²) in [6, 6.07) is 28.9. The molecule has 4 nitrogen and oxygen atoms in total. The maximum absolute atomic E-state index is 10.8. The number of non-ortho nitro benzene ring substituents is 1. The normalized spacial score (nSPS) is 10.6. The highest BCUT2D eigenvalue weighted by molar-refractivity contribution is 7.16. The molecule has 0 atom stereocenters. The second kappa shape index (κ2) is 8.06. The first-order valence-corrected chi connectivity index (χ1v) is 9.63. The Morgan fingerprint density at radius 1 is 0.821 bits per heavy atom. The summed E-state index contributed by atoms with van der Waals surface area (Å²) < 4.78 is 5.85. The van der Waals surface area contributed by atoms with Gasteiger partial charge in [-0.1, -0.05) is 60.7 Å². The van der Waals surface area contributed by atoms with Crippen LogP contribution in [0.3, 0.4) is 0 Å². The molecular formula is C23H17NO3S. The molecule has 0 unspecified atom stereocenters. The van der Waals surface area contributed by atoms with Gasteiger partial charge in [0, 0.05) is 27.5 Å². The van der Waals surface area contributed by atoms with Crippen molar-refractivity contribution in [1.29, 1.82) is 0 Å². The molecule has 0 fully saturated rings. The van der Waals surface area contributed by atoms with Crippen LogP contribution >= 0.6 is 11.3 Å². The van der Waals surface area contributed by atoms with E-state index in [2.05, 4.69) is 30.3 Å². The molecule has 4 rings (SSSR count). The van der Waals surface area contributed by atoms with Crippen LogP contribution in [0.2, 0.25) is 0 Å². The van der Waals surface area contributed by atoms with Crippen LogP contribution in [0.5, 0.6) is 5.75 Å². The van der Waals surface area contributed by atoms with Gasteiger partial charge in [-0.2, -0.15) is 0 Å². The van der Waals surface area contributed by atoms with Crippen molar-refractivity contribution in [3.8, 4) is 27.3 Å². The number of hydrogen-bond donors (Lipinski definition) is 0. The fourth-order valence-electron chi connectivity index (χ4n) is 2.97. The number of nitro groups is 1. The van der Waals surface area contributed by atoms with E-state index in [9.17, 15) is 10.1 Å². The predicted octanol–water partition coefficient (Wildman–Crippen LogP) is 6.57. The molecule has 4 aromatic rings. The van der Waals surface area contributed by atoms with E-state index in [0.29, 0.717) is 12.4 Å². The quantitative estimate of drug-likeness (QED) is 0.278. The van der Waals surface area contributed by atoms with Gasteiger partial charge in [0.2, 0.25) is 0 Å². The summed E-state index contributed by atoms with van der Waals surface area (Å²) in [5.41, 5.74) is 3.58. The third-order valence-corrected chi connectivity index (χ3v) is 5.49. The van der Waals surface area contributed by atoms with Crippen molar-refractivity contribution in [3.63, 3.8) is 0 Å². The largest absolute Gasteiger partial charge is 0.488 e. The van der Waals surface area contributed by atoms with E-state index in [1.54, 1.807) is 23.5 Å². The zero-order valence-corrected chi connectivity index (χ0v) is 15.8. The zero-order chi connectivity index (χ0) is 19.3. The lowest BCUT2D eigenvalue weighted by Crippen LogP contribution is -1.93. The van der Waals surface area contributed by atoms with Gasteiger partial charge >= 0.3 is 0 Å². The number of ether oxygens (including phenoxy) is 1. The van der Waals surface area contributed by atoms with E-state index < -0.39 is 4.92 Å². The average Bonchev–Trinajstić information content (AvgIpc) is 3.18. The Labute approximate surface area is 166 Å². The molecule has 0 aliphatic heterocycles. The molecule has 0 aliphatic rings.